The van der Waals surface area contributed by atoms with Gasteiger partial charge in [0.05, 0.1) is 26.4 Å². The Kier molecular flexibility index (Phi) is 5.44. The summed E-state index contributed by atoms with van der Waals surface area (Å²) >= 11 is 0. The molecule has 1 N–H and O–H groups in total. The number of aliphatic imine (C=N–C) groups is 1. The van der Waals surface area contributed by atoms with Crippen molar-refractivity contribution in [3.8, 4) is 0 Å². The number of aliphatic hydroxyl groups excluding tert-OH is 1. The highest BCUT2D eigenvalue weighted by molar-refractivity contribution is 6.04. The van der Waals surface area contributed by atoms with Gasteiger partial charge in [-0.15, -0.1) is 0 Å². The number of allylic oxidation sites excluding steroid dienone is 1. The summed E-state index contributed by atoms with van der Waals surface area (Å²) in [5.74, 6) is -0.291. The quantitative estimate of drug-likeness (QED) is 0.660. The SMILES string of the molecule is CC1=CN2C(=NC3C2C(=O)N(Cc2ccccc2F)C(=O)N3C)N1CCOCCO. The summed E-state index contributed by atoms with van der Waals surface area (Å²) < 4.78 is 19.5. The van der Waals surface area contributed by atoms with Crippen LogP contribution in [0.5, 0.6) is 0 Å². The zero-order valence-electron chi connectivity index (χ0n) is 16.9. The number of guanidine groups is 1. The number of ether oxygens (including phenoxy) is 1. The van der Waals surface area contributed by atoms with Crippen molar-refractivity contribution in [1.29, 1.82) is 0 Å². The molecule has 9 nitrogen and oxygen atoms in total. The van der Waals surface area contributed by atoms with E-state index in [0.717, 1.165) is 10.6 Å². The Morgan fingerprint density at radius 3 is 2.70 bits per heavy atom. The third-order valence-electron chi connectivity index (χ3n) is 5.48. The third kappa shape index (κ3) is 3.31. The molecule has 0 saturated carbocycles. The standard InChI is InChI=1S/C20H24FN5O4/c1-13-11-25-16-17(22-19(25)24(13)7-9-30-10-8-27)23(2)20(29)26(18(16)28)12-14-5-3-4-6-15(14)21/h3-6,11,16-17,27H,7-10,12H2,1-2H3. The molecule has 30 heavy (non-hydrogen) atoms. The number of carbonyl (C=O) groups is 2. The fraction of sp³-hybridized carbons (Fsp3) is 0.450. The second-order valence-electron chi connectivity index (χ2n) is 7.36. The molecular weight excluding hydrogens is 393 g/mol. The molecule has 2 atom stereocenters. The molecule has 0 aliphatic carbocycles. The topological polar surface area (TPSA) is 88.9 Å². The van der Waals surface area contributed by atoms with Crippen molar-refractivity contribution in [1.82, 2.24) is 19.6 Å². The number of urea groups is 1. The molecule has 1 fully saturated rings. The number of halogens is 1. The van der Waals surface area contributed by atoms with E-state index in [0.29, 0.717) is 19.1 Å². The third-order valence-corrected chi connectivity index (χ3v) is 5.48. The average Bonchev–Trinajstić information content (AvgIpc) is 3.23. The Morgan fingerprint density at radius 2 is 1.97 bits per heavy atom. The van der Waals surface area contributed by atoms with Crippen molar-refractivity contribution < 1.29 is 23.8 Å². The van der Waals surface area contributed by atoms with E-state index in [4.69, 9.17) is 9.84 Å². The summed E-state index contributed by atoms with van der Waals surface area (Å²) in [6, 6.07) is 4.90. The van der Waals surface area contributed by atoms with E-state index in [1.165, 1.54) is 11.0 Å². The zero-order valence-corrected chi connectivity index (χ0v) is 16.9. The first-order chi connectivity index (χ1) is 14.4. The van der Waals surface area contributed by atoms with Gasteiger partial charge in [-0.3, -0.25) is 9.69 Å². The molecule has 0 spiro atoms. The summed E-state index contributed by atoms with van der Waals surface area (Å²) in [5, 5.41) is 8.85. The van der Waals surface area contributed by atoms with E-state index in [2.05, 4.69) is 4.99 Å². The van der Waals surface area contributed by atoms with E-state index in [1.807, 2.05) is 18.0 Å². The minimum Gasteiger partial charge on any atom is -0.394 e. The van der Waals surface area contributed by atoms with Gasteiger partial charge < -0.3 is 24.5 Å². The second kappa shape index (κ2) is 8.04. The summed E-state index contributed by atoms with van der Waals surface area (Å²) in [7, 11) is 1.60. The predicted octanol–water partition coefficient (Wildman–Crippen LogP) is 0.772. The number of likely N-dealkylation sites (N-methyl/N-ethyl adjacent to an activating group) is 1. The van der Waals surface area contributed by atoms with Gasteiger partial charge >= 0.3 is 6.03 Å². The number of hydrogen-bond donors (Lipinski definition) is 1. The van der Waals surface area contributed by atoms with E-state index < -0.39 is 30.0 Å². The largest absolute Gasteiger partial charge is 0.394 e. The molecule has 2 unspecified atom stereocenters. The Morgan fingerprint density at radius 1 is 1.20 bits per heavy atom. The highest BCUT2D eigenvalue weighted by atomic mass is 19.1. The van der Waals surface area contributed by atoms with Gasteiger partial charge in [0.25, 0.3) is 5.91 Å². The van der Waals surface area contributed by atoms with Crippen molar-refractivity contribution in [2.45, 2.75) is 25.7 Å². The summed E-state index contributed by atoms with van der Waals surface area (Å²) in [6.07, 6.45) is 1.18. The van der Waals surface area contributed by atoms with E-state index in [9.17, 15) is 14.0 Å². The van der Waals surface area contributed by atoms with Gasteiger partial charge in [-0.05, 0) is 13.0 Å². The van der Waals surface area contributed by atoms with Crippen LogP contribution in [0.4, 0.5) is 9.18 Å². The number of carbonyl (C=O) groups excluding carboxylic acids is 2. The number of benzene rings is 1. The molecular formula is C20H24FN5O4. The van der Waals surface area contributed by atoms with Gasteiger partial charge in [0, 0.05) is 31.1 Å². The lowest BCUT2D eigenvalue weighted by atomic mass is 10.1. The van der Waals surface area contributed by atoms with Crippen LogP contribution in [0.1, 0.15) is 12.5 Å². The maximum Gasteiger partial charge on any atom is 0.328 e. The lowest BCUT2D eigenvalue weighted by Gasteiger charge is -2.40. The lowest BCUT2D eigenvalue weighted by molar-refractivity contribution is -0.137. The summed E-state index contributed by atoms with van der Waals surface area (Å²) in [6.45, 7) is 2.85. The molecule has 0 radical (unpaired) electrons. The van der Waals surface area contributed by atoms with Crippen LogP contribution in [0.15, 0.2) is 41.2 Å². The number of imide groups is 1. The van der Waals surface area contributed by atoms with Crippen molar-refractivity contribution in [3.05, 3.63) is 47.5 Å². The Balaban J connectivity index is 1.55. The molecule has 4 rings (SSSR count). The summed E-state index contributed by atoms with van der Waals surface area (Å²) in [4.78, 5) is 36.9. The first-order valence-corrected chi connectivity index (χ1v) is 9.76. The van der Waals surface area contributed by atoms with Gasteiger partial charge in [-0.2, -0.15) is 0 Å². The fourth-order valence-electron chi connectivity index (χ4n) is 3.94. The first kappa shape index (κ1) is 20.3. The number of rotatable bonds is 7. The number of hydrogen-bond acceptors (Lipinski definition) is 7. The van der Waals surface area contributed by atoms with E-state index in [-0.39, 0.29) is 25.3 Å². The van der Waals surface area contributed by atoms with Crippen LogP contribution >= 0.6 is 0 Å². The molecule has 1 aromatic rings. The van der Waals surface area contributed by atoms with Crippen LogP contribution in [0.25, 0.3) is 0 Å². The van der Waals surface area contributed by atoms with Gasteiger partial charge in [0.1, 0.15) is 5.82 Å². The van der Waals surface area contributed by atoms with Crippen molar-refractivity contribution >= 4 is 17.9 Å². The minimum absolute atomic E-state index is 0.0503. The maximum atomic E-state index is 14.1. The lowest BCUT2D eigenvalue weighted by Crippen LogP contribution is -2.63. The molecule has 3 amide bonds. The Bertz CT molecular complexity index is 920. The van der Waals surface area contributed by atoms with Gasteiger partial charge in [-0.1, -0.05) is 18.2 Å². The van der Waals surface area contributed by atoms with Crippen LogP contribution in [0, 0.1) is 5.82 Å². The molecule has 3 aliphatic heterocycles. The van der Waals surface area contributed by atoms with Gasteiger partial charge in [0.15, 0.2) is 12.2 Å². The van der Waals surface area contributed by atoms with Crippen LogP contribution in [-0.4, -0.2) is 88.2 Å². The van der Waals surface area contributed by atoms with Crippen molar-refractivity contribution in [2.24, 2.45) is 4.99 Å². The molecule has 10 heteroatoms. The molecule has 160 valence electrons. The molecule has 1 aromatic carbocycles. The van der Waals surface area contributed by atoms with Crippen LogP contribution in [-0.2, 0) is 16.1 Å². The number of nitrogens with zero attached hydrogens (tertiary/aromatic N) is 5. The molecule has 0 bridgehead atoms. The molecule has 3 heterocycles. The second-order valence-corrected chi connectivity index (χ2v) is 7.36. The van der Waals surface area contributed by atoms with Gasteiger partial charge in [-0.25, -0.2) is 14.2 Å². The fourth-order valence-corrected chi connectivity index (χ4v) is 3.94. The van der Waals surface area contributed by atoms with Gasteiger partial charge in [0.2, 0.25) is 5.96 Å². The monoisotopic (exact) mass is 417 g/mol. The number of amides is 3. The summed E-state index contributed by atoms with van der Waals surface area (Å²) in [5.41, 5.74) is 1.17. The maximum absolute atomic E-state index is 14.1. The van der Waals surface area contributed by atoms with Crippen LogP contribution < -0.4 is 0 Å². The van der Waals surface area contributed by atoms with E-state index in [1.54, 1.807) is 30.1 Å². The van der Waals surface area contributed by atoms with Crippen LogP contribution in [0.2, 0.25) is 0 Å². The van der Waals surface area contributed by atoms with Crippen molar-refractivity contribution in [2.75, 3.05) is 33.4 Å². The Labute approximate surface area is 173 Å². The first-order valence-electron chi connectivity index (χ1n) is 9.76. The van der Waals surface area contributed by atoms with E-state index >= 15 is 0 Å². The average molecular weight is 417 g/mol. The molecule has 1 saturated heterocycles. The number of aliphatic hydroxyl groups is 1. The smallest absolute Gasteiger partial charge is 0.328 e. The predicted molar refractivity (Wildman–Crippen MR) is 105 cm³/mol. The van der Waals surface area contributed by atoms with Crippen molar-refractivity contribution in [3.63, 3.8) is 0 Å². The Hall–Kier alpha value is -2.98. The van der Waals surface area contributed by atoms with Crippen LogP contribution in [0.3, 0.4) is 0 Å². The minimum atomic E-state index is -0.701. The molecule has 0 aromatic heterocycles. The normalized spacial score (nSPS) is 23.1. The number of fused-ring (bicyclic) bond motifs is 3. The molecule has 3 aliphatic rings. The highest BCUT2D eigenvalue weighted by Crippen LogP contribution is 2.34. The zero-order chi connectivity index (χ0) is 21.4. The highest BCUT2D eigenvalue weighted by Gasteiger charge is 2.54.